The predicted molar refractivity (Wildman–Crippen MR) is 104 cm³/mol. The molecule has 0 radical (unpaired) electrons. The van der Waals surface area contributed by atoms with Crippen LogP contribution < -0.4 is 19.7 Å². The topological polar surface area (TPSA) is 62.8 Å². The number of hydrogen-bond acceptors (Lipinski definition) is 7. The number of nitrogens with one attached hydrogen (secondary N) is 1. The molecule has 0 aliphatic carbocycles. The van der Waals surface area contributed by atoms with Crippen LogP contribution in [0.25, 0.3) is 0 Å². The number of aromatic nitrogens is 2. The average Bonchev–Trinajstić information content (AvgIpc) is 2.63. The first-order chi connectivity index (χ1) is 12.5. The van der Waals surface area contributed by atoms with Gasteiger partial charge < -0.3 is 24.6 Å². The summed E-state index contributed by atoms with van der Waals surface area (Å²) in [5.41, 5.74) is 1.60. The molecule has 1 aromatic carbocycles. The molecule has 2 aromatic rings. The number of anilines is 3. The Bertz CT molecular complexity index is 778. The van der Waals surface area contributed by atoms with Gasteiger partial charge in [-0.2, -0.15) is 4.98 Å². The van der Waals surface area contributed by atoms with Crippen LogP contribution in [0, 0.1) is 6.92 Å². The number of ether oxygens (including phenoxy) is 2. The molecule has 1 aliphatic heterocycles. The zero-order valence-electron chi connectivity index (χ0n) is 15.5. The Labute approximate surface area is 158 Å². The molecule has 140 valence electrons. The molecule has 0 amide bonds. The van der Waals surface area contributed by atoms with E-state index >= 15 is 0 Å². The summed E-state index contributed by atoms with van der Waals surface area (Å²) in [5.74, 6) is 2.60. The van der Waals surface area contributed by atoms with Crippen molar-refractivity contribution in [2.75, 3.05) is 57.7 Å². The fourth-order valence-electron chi connectivity index (χ4n) is 2.88. The summed E-state index contributed by atoms with van der Waals surface area (Å²) in [6, 6.07) is 5.50. The third kappa shape index (κ3) is 4.11. The number of rotatable bonds is 5. The molecule has 7 nitrogen and oxygen atoms in total. The largest absolute Gasteiger partial charge is 0.495 e. The molecule has 1 fully saturated rings. The van der Waals surface area contributed by atoms with Gasteiger partial charge in [-0.05, 0) is 14.0 Å². The fraction of sp³-hybridized carbons (Fsp3) is 0.444. The summed E-state index contributed by atoms with van der Waals surface area (Å²) in [6.45, 7) is 5.91. The monoisotopic (exact) mass is 377 g/mol. The maximum atomic E-state index is 6.17. The van der Waals surface area contributed by atoms with Crippen LogP contribution in [-0.4, -0.2) is 62.3 Å². The first-order valence-corrected chi connectivity index (χ1v) is 8.85. The first kappa shape index (κ1) is 18.5. The van der Waals surface area contributed by atoms with E-state index in [-0.39, 0.29) is 0 Å². The van der Waals surface area contributed by atoms with Gasteiger partial charge in [0.05, 0.1) is 24.9 Å². The van der Waals surface area contributed by atoms with E-state index in [1.807, 2.05) is 13.0 Å². The summed E-state index contributed by atoms with van der Waals surface area (Å²) in [4.78, 5) is 13.8. The quantitative estimate of drug-likeness (QED) is 0.859. The third-order valence-corrected chi connectivity index (χ3v) is 4.68. The van der Waals surface area contributed by atoms with Crippen LogP contribution in [0.1, 0.15) is 5.69 Å². The second-order valence-electron chi connectivity index (χ2n) is 6.29. The molecule has 3 rings (SSSR count). The van der Waals surface area contributed by atoms with Gasteiger partial charge in [0.25, 0.3) is 0 Å². The minimum absolute atomic E-state index is 0.484. The highest BCUT2D eigenvalue weighted by Crippen LogP contribution is 2.37. The Kier molecular flexibility index (Phi) is 5.68. The van der Waals surface area contributed by atoms with Gasteiger partial charge in [0.15, 0.2) is 0 Å². The Morgan fingerprint density at radius 3 is 2.35 bits per heavy atom. The Morgan fingerprint density at radius 2 is 1.69 bits per heavy atom. The van der Waals surface area contributed by atoms with Gasteiger partial charge in [-0.1, -0.05) is 11.6 Å². The van der Waals surface area contributed by atoms with Crippen LogP contribution in [0.4, 0.5) is 17.5 Å². The van der Waals surface area contributed by atoms with Crippen LogP contribution in [0.5, 0.6) is 11.5 Å². The summed E-state index contributed by atoms with van der Waals surface area (Å²) in [5, 5.41) is 3.72. The smallest absolute Gasteiger partial charge is 0.229 e. The lowest BCUT2D eigenvalue weighted by Crippen LogP contribution is -2.44. The van der Waals surface area contributed by atoms with Crippen LogP contribution in [0.3, 0.4) is 0 Å². The second kappa shape index (κ2) is 7.97. The Balaban J connectivity index is 1.88. The molecule has 2 heterocycles. The summed E-state index contributed by atoms with van der Waals surface area (Å²) in [6.07, 6.45) is 0. The molecule has 1 aliphatic rings. The summed E-state index contributed by atoms with van der Waals surface area (Å²) in [7, 11) is 5.30. The lowest BCUT2D eigenvalue weighted by molar-refractivity contribution is 0.312. The number of hydrogen-bond donors (Lipinski definition) is 1. The molecule has 0 unspecified atom stereocenters. The van der Waals surface area contributed by atoms with E-state index in [1.54, 1.807) is 26.4 Å². The number of likely N-dealkylation sites (N-methyl/N-ethyl adjacent to an activating group) is 1. The summed E-state index contributed by atoms with van der Waals surface area (Å²) < 4.78 is 10.7. The molecule has 1 saturated heterocycles. The van der Waals surface area contributed by atoms with E-state index in [2.05, 4.69) is 32.1 Å². The molecule has 8 heteroatoms. The molecule has 26 heavy (non-hydrogen) atoms. The third-order valence-electron chi connectivity index (χ3n) is 4.39. The van der Waals surface area contributed by atoms with Crippen LogP contribution in [0.15, 0.2) is 18.2 Å². The molecule has 0 spiro atoms. The highest BCUT2D eigenvalue weighted by molar-refractivity contribution is 6.32. The number of halogens is 1. The van der Waals surface area contributed by atoms with Crippen molar-refractivity contribution in [3.05, 3.63) is 28.9 Å². The van der Waals surface area contributed by atoms with Crippen LogP contribution in [-0.2, 0) is 0 Å². The predicted octanol–water partition coefficient (Wildman–Crippen LogP) is 2.95. The zero-order chi connectivity index (χ0) is 18.7. The van der Waals surface area contributed by atoms with E-state index in [9.17, 15) is 0 Å². The molecule has 0 atom stereocenters. The molecular weight excluding hydrogens is 354 g/mol. The van der Waals surface area contributed by atoms with Crippen molar-refractivity contribution in [1.82, 2.24) is 14.9 Å². The van der Waals surface area contributed by atoms with Gasteiger partial charge in [0.1, 0.15) is 17.3 Å². The molecule has 1 aromatic heterocycles. The van der Waals surface area contributed by atoms with Crippen molar-refractivity contribution < 1.29 is 9.47 Å². The highest BCUT2D eigenvalue weighted by Gasteiger charge is 2.17. The number of nitrogens with zero attached hydrogens (tertiary/aromatic N) is 4. The van der Waals surface area contributed by atoms with Crippen molar-refractivity contribution in [2.45, 2.75) is 6.92 Å². The number of benzene rings is 1. The molecule has 1 N–H and O–H groups in total. The van der Waals surface area contributed by atoms with Crippen molar-refractivity contribution >= 4 is 29.1 Å². The standard InChI is InChI=1S/C18H24ClN5O2/c1-12-9-17(24-7-5-23(2)6-8-24)22-18(20-12)21-14-11-15(25-3)13(19)10-16(14)26-4/h9-11H,5-8H2,1-4H3,(H,20,21,22). The van der Waals surface area contributed by atoms with Crippen molar-refractivity contribution in [2.24, 2.45) is 0 Å². The van der Waals surface area contributed by atoms with Crippen molar-refractivity contribution in [3.8, 4) is 11.5 Å². The molecule has 0 saturated carbocycles. The number of methoxy groups -OCH3 is 2. The van der Waals surface area contributed by atoms with Crippen LogP contribution in [0.2, 0.25) is 5.02 Å². The zero-order valence-corrected chi connectivity index (χ0v) is 16.3. The Hall–Kier alpha value is -2.25. The first-order valence-electron chi connectivity index (χ1n) is 8.48. The van der Waals surface area contributed by atoms with E-state index < -0.39 is 0 Å². The lowest BCUT2D eigenvalue weighted by atomic mass is 10.2. The van der Waals surface area contributed by atoms with E-state index in [0.717, 1.165) is 37.7 Å². The minimum Gasteiger partial charge on any atom is -0.495 e. The number of piperazine rings is 1. The Morgan fingerprint density at radius 1 is 1.00 bits per heavy atom. The molecule has 0 bridgehead atoms. The SMILES string of the molecule is COc1cc(Nc2nc(C)cc(N3CCN(C)CC3)n2)c(OC)cc1Cl. The van der Waals surface area contributed by atoms with Crippen molar-refractivity contribution in [1.29, 1.82) is 0 Å². The fourth-order valence-corrected chi connectivity index (χ4v) is 3.11. The van der Waals surface area contributed by atoms with E-state index in [4.69, 9.17) is 21.1 Å². The van der Waals surface area contributed by atoms with Gasteiger partial charge in [-0.3, -0.25) is 0 Å². The van der Waals surface area contributed by atoms with E-state index in [0.29, 0.717) is 28.2 Å². The average molecular weight is 378 g/mol. The van der Waals surface area contributed by atoms with Gasteiger partial charge in [-0.15, -0.1) is 0 Å². The maximum Gasteiger partial charge on any atom is 0.229 e. The molecular formula is C18H24ClN5O2. The van der Waals surface area contributed by atoms with E-state index in [1.165, 1.54) is 0 Å². The van der Waals surface area contributed by atoms with Crippen LogP contribution >= 0.6 is 11.6 Å². The second-order valence-corrected chi connectivity index (χ2v) is 6.70. The minimum atomic E-state index is 0.484. The van der Waals surface area contributed by atoms with Gasteiger partial charge in [0, 0.05) is 50.1 Å². The maximum absolute atomic E-state index is 6.17. The van der Waals surface area contributed by atoms with Gasteiger partial charge >= 0.3 is 0 Å². The van der Waals surface area contributed by atoms with Crippen molar-refractivity contribution in [3.63, 3.8) is 0 Å². The normalized spacial score (nSPS) is 15.0. The highest BCUT2D eigenvalue weighted by atomic mass is 35.5. The van der Waals surface area contributed by atoms with Gasteiger partial charge in [0.2, 0.25) is 5.95 Å². The van der Waals surface area contributed by atoms with Gasteiger partial charge in [-0.25, -0.2) is 4.98 Å². The number of aryl methyl sites for hydroxylation is 1. The summed E-state index contributed by atoms with van der Waals surface area (Å²) >= 11 is 6.17. The lowest BCUT2D eigenvalue weighted by Gasteiger charge is -2.33.